The third-order valence-corrected chi connectivity index (χ3v) is 3.58. The second kappa shape index (κ2) is 7.33. The first-order valence-corrected chi connectivity index (χ1v) is 7.02. The van der Waals surface area contributed by atoms with Gasteiger partial charge in [0.1, 0.15) is 0 Å². The summed E-state index contributed by atoms with van der Waals surface area (Å²) in [6.07, 6.45) is 0. The molecule has 110 valence electrons. The fraction of sp³-hybridized carbons (Fsp3) is 0.846. The van der Waals surface area contributed by atoms with Crippen LogP contribution < -0.4 is 11.1 Å². The van der Waals surface area contributed by atoms with Crippen molar-refractivity contribution in [1.82, 2.24) is 15.1 Å². The zero-order valence-electron chi connectivity index (χ0n) is 12.2. The van der Waals surface area contributed by atoms with Crippen LogP contribution in [-0.2, 0) is 4.79 Å². The van der Waals surface area contributed by atoms with Gasteiger partial charge in [0.25, 0.3) is 0 Å². The summed E-state index contributed by atoms with van der Waals surface area (Å²) in [4.78, 5) is 27.5. The summed E-state index contributed by atoms with van der Waals surface area (Å²) in [7, 11) is 0. The maximum Gasteiger partial charge on any atom is 0.317 e. The van der Waals surface area contributed by atoms with Crippen molar-refractivity contribution < 1.29 is 9.59 Å². The molecule has 0 aromatic rings. The van der Waals surface area contributed by atoms with Gasteiger partial charge in [0, 0.05) is 39.3 Å². The molecule has 1 saturated heterocycles. The molecule has 0 spiro atoms. The molecule has 3 amide bonds. The molecule has 0 aromatic carbocycles. The Kier molecular flexibility index (Phi) is 6.08. The van der Waals surface area contributed by atoms with Crippen LogP contribution in [0.5, 0.6) is 0 Å². The van der Waals surface area contributed by atoms with Gasteiger partial charge in [-0.1, -0.05) is 13.8 Å². The number of amides is 3. The van der Waals surface area contributed by atoms with Gasteiger partial charge in [0.15, 0.2) is 0 Å². The van der Waals surface area contributed by atoms with E-state index in [1.165, 1.54) is 0 Å². The number of carbonyl (C=O) groups excluding carboxylic acids is 2. The van der Waals surface area contributed by atoms with Gasteiger partial charge < -0.3 is 20.9 Å². The van der Waals surface area contributed by atoms with E-state index in [1.54, 1.807) is 4.90 Å². The third-order valence-electron chi connectivity index (χ3n) is 3.58. The fourth-order valence-corrected chi connectivity index (χ4v) is 2.29. The lowest BCUT2D eigenvalue weighted by Gasteiger charge is -2.36. The molecule has 0 aromatic heterocycles. The van der Waals surface area contributed by atoms with E-state index in [2.05, 4.69) is 5.32 Å². The molecule has 0 bridgehead atoms. The van der Waals surface area contributed by atoms with Gasteiger partial charge in [-0.25, -0.2) is 4.79 Å². The number of nitrogens with two attached hydrogens (primary N) is 1. The second-order valence-corrected chi connectivity index (χ2v) is 5.23. The molecule has 3 N–H and O–H groups in total. The zero-order chi connectivity index (χ0) is 14.4. The molecular weight excluding hydrogens is 244 g/mol. The molecule has 1 unspecified atom stereocenters. The van der Waals surface area contributed by atoms with E-state index in [-0.39, 0.29) is 23.8 Å². The first-order chi connectivity index (χ1) is 9.01. The van der Waals surface area contributed by atoms with Crippen LogP contribution in [0.1, 0.15) is 20.8 Å². The average molecular weight is 270 g/mol. The van der Waals surface area contributed by atoms with Crippen LogP contribution in [-0.4, -0.2) is 61.0 Å². The van der Waals surface area contributed by atoms with Crippen molar-refractivity contribution in [2.45, 2.75) is 20.8 Å². The van der Waals surface area contributed by atoms with Crippen LogP contribution in [0, 0.1) is 11.8 Å². The normalized spacial score (nSPS) is 17.5. The van der Waals surface area contributed by atoms with Crippen LogP contribution in [0.25, 0.3) is 0 Å². The number of nitrogens with one attached hydrogen (secondary N) is 1. The summed E-state index contributed by atoms with van der Waals surface area (Å²) in [6, 6.07) is -0.0474. The van der Waals surface area contributed by atoms with Crippen molar-refractivity contribution in [3.63, 3.8) is 0 Å². The quantitative estimate of drug-likeness (QED) is 0.760. The molecule has 1 aliphatic heterocycles. The van der Waals surface area contributed by atoms with Crippen LogP contribution >= 0.6 is 0 Å². The number of hydrogen-bond acceptors (Lipinski definition) is 3. The number of rotatable bonds is 4. The van der Waals surface area contributed by atoms with Crippen molar-refractivity contribution >= 4 is 11.9 Å². The molecule has 1 rings (SSSR count). The summed E-state index contributed by atoms with van der Waals surface area (Å²) in [5.41, 5.74) is 5.67. The van der Waals surface area contributed by atoms with Gasteiger partial charge in [0.05, 0.1) is 5.92 Å². The van der Waals surface area contributed by atoms with Crippen LogP contribution in [0.3, 0.4) is 0 Å². The maximum atomic E-state index is 12.3. The van der Waals surface area contributed by atoms with Crippen LogP contribution in [0.4, 0.5) is 4.79 Å². The smallest absolute Gasteiger partial charge is 0.317 e. The summed E-state index contributed by atoms with van der Waals surface area (Å²) >= 11 is 0. The number of carbonyl (C=O) groups is 2. The third kappa shape index (κ3) is 4.09. The Balaban J connectivity index is 2.49. The molecule has 1 heterocycles. The largest absolute Gasteiger partial charge is 0.339 e. The molecule has 1 aliphatic rings. The molecule has 1 fully saturated rings. The predicted molar refractivity (Wildman–Crippen MR) is 74.6 cm³/mol. The first-order valence-electron chi connectivity index (χ1n) is 7.02. The summed E-state index contributed by atoms with van der Waals surface area (Å²) in [5, 5.41) is 2.78. The van der Waals surface area contributed by atoms with Gasteiger partial charge >= 0.3 is 6.03 Å². The highest BCUT2D eigenvalue weighted by Crippen LogP contribution is 2.14. The number of nitrogens with zero attached hydrogens (tertiary/aromatic N) is 2. The molecule has 6 heteroatoms. The molecule has 6 nitrogen and oxygen atoms in total. The minimum Gasteiger partial charge on any atom is -0.339 e. The predicted octanol–water partition coefficient (Wildman–Crippen LogP) is 0.0910. The van der Waals surface area contributed by atoms with E-state index in [0.717, 1.165) is 0 Å². The lowest BCUT2D eigenvalue weighted by Crippen LogP contribution is -2.55. The molecule has 19 heavy (non-hydrogen) atoms. The number of piperazine rings is 1. The van der Waals surface area contributed by atoms with Gasteiger partial charge in [-0.2, -0.15) is 0 Å². The van der Waals surface area contributed by atoms with E-state index in [4.69, 9.17) is 5.73 Å². The molecule has 0 aliphatic carbocycles. The van der Waals surface area contributed by atoms with Gasteiger partial charge in [-0.15, -0.1) is 0 Å². The molecule has 1 atom stereocenters. The number of hydrogen-bond donors (Lipinski definition) is 2. The Morgan fingerprint density at radius 2 is 1.68 bits per heavy atom. The standard InChI is InChI=1S/C13H26N4O2/c1-4-15-13(19)17-7-5-16(6-8-17)12(18)11(9-14)10(2)3/h10-11H,4-9,14H2,1-3H3,(H,15,19). The van der Waals surface area contributed by atoms with Crippen molar-refractivity contribution in [2.24, 2.45) is 17.6 Å². The van der Waals surface area contributed by atoms with E-state index in [9.17, 15) is 9.59 Å². The Hall–Kier alpha value is -1.30. The first kappa shape index (κ1) is 15.8. The number of urea groups is 1. The van der Waals surface area contributed by atoms with Crippen molar-refractivity contribution in [1.29, 1.82) is 0 Å². The Morgan fingerprint density at radius 1 is 1.16 bits per heavy atom. The highest BCUT2D eigenvalue weighted by molar-refractivity contribution is 5.80. The summed E-state index contributed by atoms with van der Waals surface area (Å²) < 4.78 is 0. The van der Waals surface area contributed by atoms with Crippen molar-refractivity contribution in [2.75, 3.05) is 39.3 Å². The highest BCUT2D eigenvalue weighted by atomic mass is 16.2. The lowest BCUT2D eigenvalue weighted by atomic mass is 9.94. The second-order valence-electron chi connectivity index (χ2n) is 5.23. The fourth-order valence-electron chi connectivity index (χ4n) is 2.29. The lowest BCUT2D eigenvalue weighted by molar-refractivity contribution is -0.138. The van der Waals surface area contributed by atoms with E-state index < -0.39 is 0 Å². The van der Waals surface area contributed by atoms with Crippen LogP contribution in [0.2, 0.25) is 0 Å². The summed E-state index contributed by atoms with van der Waals surface area (Å²) in [6.45, 7) is 9.30. The summed E-state index contributed by atoms with van der Waals surface area (Å²) in [5.74, 6) is 0.253. The minimum absolute atomic E-state index is 0.0474. The van der Waals surface area contributed by atoms with Crippen LogP contribution in [0.15, 0.2) is 0 Å². The van der Waals surface area contributed by atoms with E-state index >= 15 is 0 Å². The Bertz CT molecular complexity index is 312. The molecule has 0 saturated carbocycles. The van der Waals surface area contributed by atoms with Gasteiger partial charge in [0.2, 0.25) is 5.91 Å². The zero-order valence-corrected chi connectivity index (χ0v) is 12.2. The monoisotopic (exact) mass is 270 g/mol. The SMILES string of the molecule is CCNC(=O)N1CCN(C(=O)C(CN)C(C)C)CC1. The van der Waals surface area contributed by atoms with Gasteiger partial charge in [-0.05, 0) is 12.8 Å². The van der Waals surface area contributed by atoms with Crippen molar-refractivity contribution in [3.8, 4) is 0 Å². The Morgan fingerprint density at radius 3 is 2.11 bits per heavy atom. The average Bonchev–Trinajstić information content (AvgIpc) is 2.39. The molecule has 0 radical (unpaired) electrons. The maximum absolute atomic E-state index is 12.3. The van der Waals surface area contributed by atoms with Crippen molar-refractivity contribution in [3.05, 3.63) is 0 Å². The molecular formula is C13H26N4O2. The Labute approximate surface area is 115 Å². The topological polar surface area (TPSA) is 78.7 Å². The highest BCUT2D eigenvalue weighted by Gasteiger charge is 2.29. The van der Waals surface area contributed by atoms with E-state index in [0.29, 0.717) is 39.3 Å². The van der Waals surface area contributed by atoms with E-state index in [1.807, 2.05) is 25.7 Å². The van der Waals surface area contributed by atoms with Gasteiger partial charge in [-0.3, -0.25) is 4.79 Å². The minimum atomic E-state index is -0.115.